The van der Waals surface area contributed by atoms with Crippen LogP contribution in [-0.4, -0.2) is 18.5 Å². The van der Waals surface area contributed by atoms with Crippen molar-refractivity contribution in [1.29, 1.82) is 0 Å². The Labute approximate surface area is 128 Å². The average molecular weight is 288 g/mol. The molecular weight excluding hydrogens is 260 g/mol. The molecule has 116 valence electrons. The predicted molar refractivity (Wildman–Crippen MR) is 86.9 cm³/mol. The molecule has 0 saturated heterocycles. The number of hydrogen-bond donors (Lipinski definition) is 2. The number of benzene rings is 1. The van der Waals surface area contributed by atoms with Gasteiger partial charge in [-0.05, 0) is 43.1 Å². The Hall–Kier alpha value is -1.35. The number of rotatable bonds is 7. The van der Waals surface area contributed by atoms with Crippen LogP contribution in [0.4, 0.5) is 0 Å². The maximum Gasteiger partial charge on any atom is 0.236 e. The van der Waals surface area contributed by atoms with Gasteiger partial charge in [-0.25, -0.2) is 0 Å². The van der Waals surface area contributed by atoms with Crippen molar-refractivity contribution in [3.63, 3.8) is 0 Å². The first-order chi connectivity index (χ1) is 10.2. The van der Waals surface area contributed by atoms with Crippen LogP contribution in [0, 0.1) is 5.41 Å². The Kier molecular flexibility index (Phi) is 5.80. The Balaban J connectivity index is 1.75. The summed E-state index contributed by atoms with van der Waals surface area (Å²) in [5, 5.41) is 3.09. The summed E-state index contributed by atoms with van der Waals surface area (Å²) in [6.45, 7) is 3.02. The lowest BCUT2D eigenvalue weighted by atomic mass is 9.83. The summed E-state index contributed by atoms with van der Waals surface area (Å²) in [6.07, 6.45) is 7.77. The summed E-state index contributed by atoms with van der Waals surface area (Å²) < 4.78 is 0. The van der Waals surface area contributed by atoms with Gasteiger partial charge in [0.25, 0.3) is 0 Å². The van der Waals surface area contributed by atoms with Crippen LogP contribution < -0.4 is 11.1 Å². The van der Waals surface area contributed by atoms with E-state index < -0.39 is 6.04 Å². The number of nitrogens with two attached hydrogens (primary N) is 1. The predicted octanol–water partition coefficient (Wildman–Crippen LogP) is 3.03. The Bertz CT molecular complexity index is 438. The largest absolute Gasteiger partial charge is 0.354 e. The van der Waals surface area contributed by atoms with Gasteiger partial charge < -0.3 is 11.1 Å². The molecule has 1 aliphatic carbocycles. The molecule has 0 radical (unpaired) electrons. The molecule has 1 saturated carbocycles. The molecule has 1 aromatic rings. The molecule has 0 aromatic heterocycles. The lowest BCUT2D eigenvalue weighted by Crippen LogP contribution is -2.44. The zero-order valence-electron chi connectivity index (χ0n) is 13.1. The molecule has 2 rings (SSSR count). The number of carbonyl (C=O) groups is 1. The fourth-order valence-corrected chi connectivity index (χ4v) is 3.28. The number of nitrogens with one attached hydrogen (secondary N) is 1. The molecule has 1 atom stereocenters. The smallest absolute Gasteiger partial charge is 0.236 e. The molecule has 3 N–H and O–H groups in total. The van der Waals surface area contributed by atoms with E-state index in [9.17, 15) is 4.79 Å². The number of amides is 1. The quantitative estimate of drug-likeness (QED) is 0.810. The molecule has 0 unspecified atom stereocenters. The lowest BCUT2D eigenvalue weighted by molar-refractivity contribution is -0.123. The van der Waals surface area contributed by atoms with Gasteiger partial charge in [-0.1, -0.05) is 50.1 Å². The molecule has 0 spiro atoms. The molecule has 0 aliphatic heterocycles. The molecular formula is C18H28N2O. The van der Waals surface area contributed by atoms with Gasteiger partial charge in [-0.3, -0.25) is 4.79 Å². The van der Waals surface area contributed by atoms with Crippen molar-refractivity contribution in [2.75, 3.05) is 6.54 Å². The highest BCUT2D eigenvalue weighted by atomic mass is 16.2. The second-order valence-electron chi connectivity index (χ2n) is 6.41. The molecule has 0 bridgehead atoms. The van der Waals surface area contributed by atoms with Gasteiger partial charge in [0.1, 0.15) is 0 Å². The second-order valence-corrected chi connectivity index (χ2v) is 6.41. The summed E-state index contributed by atoms with van der Waals surface area (Å²) >= 11 is 0. The topological polar surface area (TPSA) is 55.1 Å². The molecule has 1 aromatic carbocycles. The zero-order chi connectivity index (χ0) is 15.1. The maximum absolute atomic E-state index is 12.1. The van der Waals surface area contributed by atoms with E-state index in [0.29, 0.717) is 11.8 Å². The highest BCUT2D eigenvalue weighted by molar-refractivity contribution is 5.81. The molecule has 21 heavy (non-hydrogen) atoms. The highest BCUT2D eigenvalue weighted by Gasteiger charge is 2.32. The molecule has 3 heteroatoms. The van der Waals surface area contributed by atoms with Crippen molar-refractivity contribution in [3.05, 3.63) is 35.9 Å². The first-order valence-corrected chi connectivity index (χ1v) is 8.22. The molecule has 1 amide bonds. The van der Waals surface area contributed by atoms with Gasteiger partial charge in [0.15, 0.2) is 0 Å². The molecule has 3 nitrogen and oxygen atoms in total. The minimum atomic E-state index is -0.402. The number of carbonyl (C=O) groups excluding carboxylic acids is 1. The number of aryl methyl sites for hydroxylation is 1. The zero-order valence-corrected chi connectivity index (χ0v) is 13.1. The third-order valence-corrected chi connectivity index (χ3v) is 4.98. The van der Waals surface area contributed by atoms with E-state index >= 15 is 0 Å². The monoisotopic (exact) mass is 288 g/mol. The minimum Gasteiger partial charge on any atom is -0.354 e. The van der Waals surface area contributed by atoms with Gasteiger partial charge in [0.2, 0.25) is 5.91 Å². The maximum atomic E-state index is 12.1. The van der Waals surface area contributed by atoms with E-state index in [4.69, 9.17) is 5.73 Å². The van der Waals surface area contributed by atoms with Crippen molar-refractivity contribution < 1.29 is 4.79 Å². The second kappa shape index (κ2) is 7.60. The summed E-state index contributed by atoms with van der Waals surface area (Å²) in [4.78, 5) is 12.1. The average Bonchev–Trinajstić information content (AvgIpc) is 3.01. The van der Waals surface area contributed by atoms with Gasteiger partial charge >= 0.3 is 0 Å². The van der Waals surface area contributed by atoms with Gasteiger partial charge in [-0.2, -0.15) is 0 Å². The van der Waals surface area contributed by atoms with Gasteiger partial charge in [0.05, 0.1) is 6.04 Å². The van der Waals surface area contributed by atoms with Gasteiger partial charge in [-0.15, -0.1) is 0 Å². The molecule has 1 fully saturated rings. The Morgan fingerprint density at radius 1 is 1.29 bits per heavy atom. The fourth-order valence-electron chi connectivity index (χ4n) is 3.28. The van der Waals surface area contributed by atoms with Gasteiger partial charge in [0, 0.05) is 6.54 Å². The van der Waals surface area contributed by atoms with Crippen LogP contribution in [0.25, 0.3) is 0 Å². The number of hydrogen-bond acceptors (Lipinski definition) is 2. The van der Waals surface area contributed by atoms with Crippen LogP contribution in [0.5, 0.6) is 0 Å². The first kappa shape index (κ1) is 16.0. The van der Waals surface area contributed by atoms with Crippen molar-refractivity contribution >= 4 is 5.91 Å². The lowest BCUT2D eigenvalue weighted by Gasteiger charge is -2.28. The first-order valence-electron chi connectivity index (χ1n) is 8.22. The van der Waals surface area contributed by atoms with E-state index in [-0.39, 0.29) is 5.91 Å². The van der Waals surface area contributed by atoms with Crippen molar-refractivity contribution in [1.82, 2.24) is 5.32 Å². The molecule has 1 aliphatic rings. The van der Waals surface area contributed by atoms with E-state index in [0.717, 1.165) is 19.4 Å². The van der Waals surface area contributed by atoms with Crippen LogP contribution in [0.2, 0.25) is 0 Å². The summed E-state index contributed by atoms with van der Waals surface area (Å²) in [5.74, 6) is 0.00524. The van der Waals surface area contributed by atoms with Crippen LogP contribution in [0.15, 0.2) is 30.3 Å². The third-order valence-electron chi connectivity index (χ3n) is 4.98. The van der Waals surface area contributed by atoms with E-state index in [1.807, 2.05) is 18.2 Å². The van der Waals surface area contributed by atoms with E-state index in [1.165, 1.54) is 31.2 Å². The highest BCUT2D eigenvalue weighted by Crippen LogP contribution is 2.40. The molecule has 0 heterocycles. The van der Waals surface area contributed by atoms with Crippen LogP contribution in [0.1, 0.15) is 51.0 Å². The Morgan fingerprint density at radius 3 is 2.57 bits per heavy atom. The van der Waals surface area contributed by atoms with E-state index in [1.54, 1.807) is 0 Å². The summed E-state index contributed by atoms with van der Waals surface area (Å²) in [6, 6.07) is 9.80. The standard InChI is InChI=1S/C18H28N2O/c1-2-18(12-6-7-13-18)14-20-17(21)16(19)11-10-15-8-4-3-5-9-15/h3-5,8-9,16H,2,6-7,10-14,19H2,1H3,(H,20,21)/t16-/m0/s1. The van der Waals surface area contributed by atoms with Crippen LogP contribution in [0.3, 0.4) is 0 Å². The van der Waals surface area contributed by atoms with Crippen molar-refractivity contribution in [2.24, 2.45) is 11.1 Å². The van der Waals surface area contributed by atoms with Crippen LogP contribution in [-0.2, 0) is 11.2 Å². The SMILES string of the molecule is CCC1(CNC(=O)[C@@H](N)CCc2ccccc2)CCCC1. The van der Waals surface area contributed by atoms with Crippen molar-refractivity contribution in [3.8, 4) is 0 Å². The van der Waals surface area contributed by atoms with Crippen molar-refractivity contribution in [2.45, 2.75) is 57.9 Å². The minimum absolute atomic E-state index is 0.00524. The summed E-state index contributed by atoms with van der Waals surface area (Å²) in [7, 11) is 0. The summed E-state index contributed by atoms with van der Waals surface area (Å²) in [5.41, 5.74) is 7.59. The van der Waals surface area contributed by atoms with E-state index in [2.05, 4.69) is 24.4 Å². The third kappa shape index (κ3) is 4.57. The van der Waals surface area contributed by atoms with Crippen LogP contribution >= 0.6 is 0 Å². The normalized spacial score (nSPS) is 18.4. The fraction of sp³-hybridized carbons (Fsp3) is 0.611. The Morgan fingerprint density at radius 2 is 1.95 bits per heavy atom.